The molecule has 1 rings (SSSR count). The molecule has 15 heavy (non-hydrogen) atoms. The molecule has 0 saturated carbocycles. The number of rotatable bonds is 4. The van der Waals surface area contributed by atoms with Gasteiger partial charge in [-0.25, -0.2) is 8.78 Å². The van der Waals surface area contributed by atoms with Crippen molar-refractivity contribution in [3.63, 3.8) is 0 Å². The number of carbonyl (C=O) groups excluding carboxylic acids is 1. The molecule has 0 amide bonds. The molecule has 0 aromatic heterocycles. The minimum absolute atomic E-state index is 0.136. The Morgan fingerprint density at radius 2 is 2.13 bits per heavy atom. The van der Waals surface area contributed by atoms with Crippen LogP contribution in [0, 0.1) is 6.92 Å². The first-order valence-corrected chi connectivity index (χ1v) is 5.67. The van der Waals surface area contributed by atoms with Crippen LogP contribution in [0.2, 0.25) is 0 Å². The quantitative estimate of drug-likeness (QED) is 0.602. The molecule has 0 atom stereocenters. The Morgan fingerprint density at radius 3 is 2.67 bits per heavy atom. The molecule has 0 aliphatic carbocycles. The van der Waals surface area contributed by atoms with Crippen molar-refractivity contribution in [3.05, 3.63) is 34.9 Å². The summed E-state index contributed by atoms with van der Waals surface area (Å²) in [5.74, 6) is -0.245. The van der Waals surface area contributed by atoms with Crippen LogP contribution in [0.4, 0.5) is 8.78 Å². The Labute approximate surface area is 95.6 Å². The Hall–Kier alpha value is -0.770. The molecule has 4 heteroatoms. The molecule has 1 aromatic rings. The lowest BCUT2D eigenvalue weighted by atomic mass is 9.98. The lowest BCUT2D eigenvalue weighted by Gasteiger charge is -2.10. The predicted molar refractivity (Wildman–Crippen MR) is 58.9 cm³/mol. The maximum atomic E-state index is 12.7. The fourth-order valence-corrected chi connectivity index (χ4v) is 1.79. The lowest BCUT2D eigenvalue weighted by molar-refractivity contribution is 0.0975. The molecular formula is C11H11BrF2O. The second-order valence-corrected chi connectivity index (χ2v) is 3.99. The van der Waals surface area contributed by atoms with E-state index in [-0.39, 0.29) is 23.3 Å². The summed E-state index contributed by atoms with van der Waals surface area (Å²) in [6.45, 7) is 1.59. The summed E-state index contributed by atoms with van der Waals surface area (Å²) < 4.78 is 25.5. The first-order valence-electron chi connectivity index (χ1n) is 4.54. The Bertz CT molecular complexity index is 364. The second kappa shape index (κ2) is 5.35. The zero-order chi connectivity index (χ0) is 11.4. The zero-order valence-electron chi connectivity index (χ0n) is 8.27. The SMILES string of the molecule is Cc1cccc(C(=O)CCBr)c1C(F)F. The lowest BCUT2D eigenvalue weighted by Crippen LogP contribution is -2.06. The standard InChI is InChI=1S/C11H11BrF2O/c1-7-3-2-4-8(9(15)5-6-12)10(7)11(13)14/h2-4,11H,5-6H2,1H3. The molecule has 1 nitrogen and oxygen atoms in total. The highest BCUT2D eigenvalue weighted by Crippen LogP contribution is 2.27. The number of Topliss-reactive ketones (excluding diaryl/α,β-unsaturated/α-hetero) is 1. The van der Waals surface area contributed by atoms with Gasteiger partial charge in [-0.05, 0) is 12.5 Å². The Morgan fingerprint density at radius 1 is 1.47 bits per heavy atom. The first kappa shape index (κ1) is 12.3. The fourth-order valence-electron chi connectivity index (χ4n) is 1.43. The van der Waals surface area contributed by atoms with E-state index >= 15 is 0 Å². The van der Waals surface area contributed by atoms with Crippen LogP contribution >= 0.6 is 15.9 Å². The van der Waals surface area contributed by atoms with E-state index in [1.807, 2.05) is 0 Å². The van der Waals surface area contributed by atoms with Crippen LogP contribution in [0.3, 0.4) is 0 Å². The highest BCUT2D eigenvalue weighted by atomic mass is 79.9. The summed E-state index contributed by atoms with van der Waals surface area (Å²) in [6.07, 6.45) is -2.36. The van der Waals surface area contributed by atoms with E-state index in [0.29, 0.717) is 10.9 Å². The average Bonchev–Trinajstić information content (AvgIpc) is 2.17. The summed E-state index contributed by atoms with van der Waals surface area (Å²) >= 11 is 3.12. The number of hydrogen-bond donors (Lipinski definition) is 0. The molecule has 0 bridgehead atoms. The van der Waals surface area contributed by atoms with Gasteiger partial charge in [0.25, 0.3) is 6.43 Å². The van der Waals surface area contributed by atoms with Crippen LogP contribution < -0.4 is 0 Å². The minimum Gasteiger partial charge on any atom is -0.294 e. The minimum atomic E-state index is -2.60. The molecule has 1 aromatic carbocycles. The van der Waals surface area contributed by atoms with Crippen LogP contribution in [-0.2, 0) is 0 Å². The summed E-state index contributed by atoms with van der Waals surface area (Å²) in [5, 5.41) is 0.489. The number of benzene rings is 1. The molecule has 0 aliphatic rings. The van der Waals surface area contributed by atoms with Crippen molar-refractivity contribution in [2.24, 2.45) is 0 Å². The van der Waals surface area contributed by atoms with Crippen molar-refractivity contribution in [2.45, 2.75) is 19.8 Å². The molecule has 0 spiro atoms. The van der Waals surface area contributed by atoms with E-state index < -0.39 is 6.43 Å². The van der Waals surface area contributed by atoms with Gasteiger partial charge in [0.15, 0.2) is 5.78 Å². The molecule has 0 radical (unpaired) electrons. The number of alkyl halides is 3. The van der Waals surface area contributed by atoms with Gasteiger partial charge >= 0.3 is 0 Å². The maximum Gasteiger partial charge on any atom is 0.264 e. The number of carbonyl (C=O) groups is 1. The van der Waals surface area contributed by atoms with E-state index in [2.05, 4.69) is 15.9 Å². The molecule has 0 N–H and O–H groups in total. The summed E-state index contributed by atoms with van der Waals surface area (Å²) in [6, 6.07) is 4.68. The normalized spacial score (nSPS) is 10.7. The zero-order valence-corrected chi connectivity index (χ0v) is 9.85. The van der Waals surface area contributed by atoms with Gasteiger partial charge in [-0.2, -0.15) is 0 Å². The molecule has 0 saturated heterocycles. The third-order valence-electron chi connectivity index (χ3n) is 2.16. The number of ketones is 1. The first-order chi connectivity index (χ1) is 7.07. The fraction of sp³-hybridized carbons (Fsp3) is 0.364. The number of aryl methyl sites for hydroxylation is 1. The van der Waals surface area contributed by atoms with Gasteiger partial charge in [0.05, 0.1) is 0 Å². The van der Waals surface area contributed by atoms with E-state index in [1.54, 1.807) is 19.1 Å². The van der Waals surface area contributed by atoms with Gasteiger partial charge in [-0.1, -0.05) is 34.1 Å². The number of halogens is 3. The van der Waals surface area contributed by atoms with E-state index in [4.69, 9.17) is 0 Å². The third kappa shape index (κ3) is 2.84. The van der Waals surface area contributed by atoms with Gasteiger partial charge in [0.2, 0.25) is 0 Å². The van der Waals surface area contributed by atoms with Crippen molar-refractivity contribution in [3.8, 4) is 0 Å². The Kier molecular flexibility index (Phi) is 4.39. The highest BCUT2D eigenvalue weighted by Gasteiger charge is 2.19. The van der Waals surface area contributed by atoms with Crippen molar-refractivity contribution >= 4 is 21.7 Å². The second-order valence-electron chi connectivity index (χ2n) is 3.20. The average molecular weight is 277 g/mol. The van der Waals surface area contributed by atoms with Gasteiger partial charge in [0, 0.05) is 22.9 Å². The summed E-state index contributed by atoms with van der Waals surface area (Å²) in [5.41, 5.74) is 0.471. The molecule has 0 fully saturated rings. The van der Waals surface area contributed by atoms with Gasteiger partial charge < -0.3 is 0 Å². The van der Waals surface area contributed by atoms with Crippen LogP contribution in [0.5, 0.6) is 0 Å². The van der Waals surface area contributed by atoms with Gasteiger partial charge in [-0.3, -0.25) is 4.79 Å². The monoisotopic (exact) mass is 276 g/mol. The third-order valence-corrected chi connectivity index (χ3v) is 2.56. The van der Waals surface area contributed by atoms with Crippen LogP contribution in [0.1, 0.15) is 34.3 Å². The summed E-state index contributed by atoms with van der Waals surface area (Å²) in [4.78, 5) is 11.6. The maximum absolute atomic E-state index is 12.7. The molecule has 0 unspecified atom stereocenters. The van der Waals surface area contributed by atoms with Crippen molar-refractivity contribution in [2.75, 3.05) is 5.33 Å². The molecular weight excluding hydrogens is 266 g/mol. The summed E-state index contributed by atoms with van der Waals surface area (Å²) in [7, 11) is 0. The Balaban J connectivity index is 3.17. The van der Waals surface area contributed by atoms with Gasteiger partial charge in [0.1, 0.15) is 0 Å². The van der Waals surface area contributed by atoms with Crippen molar-refractivity contribution in [1.29, 1.82) is 0 Å². The molecule has 0 heterocycles. The van der Waals surface area contributed by atoms with Crippen LogP contribution in [0.25, 0.3) is 0 Å². The molecule has 0 aliphatic heterocycles. The van der Waals surface area contributed by atoms with Crippen molar-refractivity contribution in [1.82, 2.24) is 0 Å². The largest absolute Gasteiger partial charge is 0.294 e. The van der Waals surface area contributed by atoms with E-state index in [9.17, 15) is 13.6 Å². The van der Waals surface area contributed by atoms with E-state index in [1.165, 1.54) is 6.07 Å². The highest BCUT2D eigenvalue weighted by molar-refractivity contribution is 9.09. The predicted octanol–water partition coefficient (Wildman–Crippen LogP) is 3.90. The number of hydrogen-bond acceptors (Lipinski definition) is 1. The van der Waals surface area contributed by atoms with Gasteiger partial charge in [-0.15, -0.1) is 0 Å². The van der Waals surface area contributed by atoms with Crippen molar-refractivity contribution < 1.29 is 13.6 Å². The smallest absolute Gasteiger partial charge is 0.264 e. The molecule has 82 valence electrons. The topological polar surface area (TPSA) is 17.1 Å². The van der Waals surface area contributed by atoms with Crippen LogP contribution in [-0.4, -0.2) is 11.1 Å². The van der Waals surface area contributed by atoms with E-state index in [0.717, 1.165) is 0 Å². The van der Waals surface area contributed by atoms with Crippen LogP contribution in [0.15, 0.2) is 18.2 Å².